The van der Waals surface area contributed by atoms with Crippen LogP contribution >= 0.6 is 0 Å². The average molecular weight is 345 g/mol. The lowest BCUT2D eigenvalue weighted by atomic mass is 10.1. The van der Waals surface area contributed by atoms with Gasteiger partial charge in [0.2, 0.25) is 11.8 Å². The van der Waals surface area contributed by atoms with Crippen LogP contribution in [0.15, 0.2) is 24.3 Å². The first-order valence-corrected chi connectivity index (χ1v) is 8.65. The van der Waals surface area contributed by atoms with Crippen molar-refractivity contribution in [3.8, 4) is 0 Å². The van der Waals surface area contributed by atoms with Crippen LogP contribution < -0.4 is 9.80 Å². The van der Waals surface area contributed by atoms with E-state index in [1.807, 2.05) is 36.1 Å². The fraction of sp³-hybridized carbons (Fsp3) is 0.500. The molecule has 2 saturated heterocycles. The molecule has 1 atom stereocenters. The van der Waals surface area contributed by atoms with E-state index in [2.05, 4.69) is 4.90 Å². The first-order valence-electron chi connectivity index (χ1n) is 8.65. The molecule has 0 spiro atoms. The molecule has 1 aromatic rings. The van der Waals surface area contributed by atoms with Crippen LogP contribution in [-0.4, -0.2) is 60.5 Å². The Hall–Kier alpha value is -2.57. The molecule has 7 nitrogen and oxygen atoms in total. The van der Waals surface area contributed by atoms with Gasteiger partial charge in [-0.1, -0.05) is 6.92 Å². The number of rotatable bonds is 4. The summed E-state index contributed by atoms with van der Waals surface area (Å²) < 4.78 is 0. The Kier molecular flexibility index (Phi) is 4.92. The number of anilines is 2. The van der Waals surface area contributed by atoms with Gasteiger partial charge in [0.15, 0.2) is 0 Å². The minimum Gasteiger partial charge on any atom is -0.481 e. The number of aliphatic carboxylic acids is 1. The smallest absolute Gasteiger partial charge is 0.308 e. The van der Waals surface area contributed by atoms with E-state index in [1.165, 1.54) is 0 Å². The van der Waals surface area contributed by atoms with Gasteiger partial charge in [-0.15, -0.1) is 0 Å². The van der Waals surface area contributed by atoms with Crippen molar-refractivity contribution in [2.24, 2.45) is 5.92 Å². The predicted octanol–water partition coefficient (Wildman–Crippen LogP) is 1.18. The highest BCUT2D eigenvalue weighted by molar-refractivity contribution is 5.99. The summed E-state index contributed by atoms with van der Waals surface area (Å²) >= 11 is 0. The Bertz CT molecular complexity index is 665. The zero-order valence-electron chi connectivity index (χ0n) is 14.4. The molecular weight excluding hydrogens is 322 g/mol. The van der Waals surface area contributed by atoms with E-state index in [1.54, 1.807) is 4.90 Å². The van der Waals surface area contributed by atoms with Crippen LogP contribution in [0, 0.1) is 5.92 Å². The third-order valence-corrected chi connectivity index (χ3v) is 4.94. The molecule has 134 valence electrons. The van der Waals surface area contributed by atoms with E-state index in [4.69, 9.17) is 5.11 Å². The Labute approximate surface area is 146 Å². The molecule has 25 heavy (non-hydrogen) atoms. The lowest BCUT2D eigenvalue weighted by molar-refractivity contribution is -0.141. The predicted molar refractivity (Wildman–Crippen MR) is 93.6 cm³/mol. The van der Waals surface area contributed by atoms with E-state index < -0.39 is 11.9 Å². The summed E-state index contributed by atoms with van der Waals surface area (Å²) in [6.45, 7) is 5.12. The van der Waals surface area contributed by atoms with Crippen molar-refractivity contribution in [3.05, 3.63) is 24.3 Å². The van der Waals surface area contributed by atoms with Crippen molar-refractivity contribution in [3.63, 3.8) is 0 Å². The Morgan fingerprint density at radius 1 is 1.08 bits per heavy atom. The minimum absolute atomic E-state index is 0.0600. The van der Waals surface area contributed by atoms with E-state index >= 15 is 0 Å². The average Bonchev–Trinajstić information content (AvgIpc) is 3.03. The van der Waals surface area contributed by atoms with Crippen molar-refractivity contribution in [1.82, 2.24) is 4.90 Å². The van der Waals surface area contributed by atoms with Gasteiger partial charge in [-0.3, -0.25) is 14.4 Å². The first kappa shape index (κ1) is 17.3. The molecule has 2 aliphatic rings. The zero-order valence-corrected chi connectivity index (χ0v) is 14.4. The third kappa shape index (κ3) is 3.60. The Morgan fingerprint density at radius 3 is 2.20 bits per heavy atom. The van der Waals surface area contributed by atoms with Crippen LogP contribution in [0.25, 0.3) is 0 Å². The van der Waals surface area contributed by atoms with Crippen molar-refractivity contribution in [2.75, 3.05) is 42.5 Å². The minimum atomic E-state index is -0.924. The highest BCUT2D eigenvalue weighted by Crippen LogP contribution is 2.27. The molecule has 7 heteroatoms. The maximum Gasteiger partial charge on any atom is 0.308 e. The molecule has 0 aliphatic carbocycles. The van der Waals surface area contributed by atoms with Gasteiger partial charge in [0.05, 0.1) is 5.92 Å². The molecule has 2 heterocycles. The van der Waals surface area contributed by atoms with E-state index in [0.29, 0.717) is 6.42 Å². The molecule has 1 aromatic carbocycles. The quantitative estimate of drug-likeness (QED) is 0.886. The summed E-state index contributed by atoms with van der Waals surface area (Å²) in [4.78, 5) is 40.5. The summed E-state index contributed by atoms with van der Waals surface area (Å²) in [5.41, 5.74) is 1.78. The van der Waals surface area contributed by atoms with Gasteiger partial charge >= 0.3 is 5.97 Å². The number of hydrogen-bond acceptors (Lipinski definition) is 4. The van der Waals surface area contributed by atoms with Gasteiger partial charge in [-0.25, -0.2) is 0 Å². The number of carbonyl (C=O) groups is 3. The van der Waals surface area contributed by atoms with Crippen LogP contribution in [0.5, 0.6) is 0 Å². The maximum absolute atomic E-state index is 12.0. The van der Waals surface area contributed by atoms with Crippen LogP contribution in [0.3, 0.4) is 0 Å². The topological polar surface area (TPSA) is 81.2 Å². The second-order valence-electron chi connectivity index (χ2n) is 6.48. The number of benzene rings is 1. The fourth-order valence-corrected chi connectivity index (χ4v) is 3.40. The summed E-state index contributed by atoms with van der Waals surface area (Å²) in [5, 5.41) is 9.07. The van der Waals surface area contributed by atoms with Gasteiger partial charge in [0.25, 0.3) is 0 Å². The standard InChI is InChI=1S/C18H23N3O4/c1-2-16(22)20-9-7-19(8-10-20)14-3-5-15(6-4-14)21-12-13(18(24)25)11-17(21)23/h3-6,13H,2,7-12H2,1H3,(H,24,25)/t13-/m0/s1. The molecule has 0 saturated carbocycles. The number of piperazine rings is 1. The highest BCUT2D eigenvalue weighted by atomic mass is 16.4. The molecular formula is C18H23N3O4. The number of carbonyl (C=O) groups excluding carboxylic acids is 2. The van der Waals surface area contributed by atoms with E-state index in [0.717, 1.165) is 37.6 Å². The molecule has 0 radical (unpaired) electrons. The molecule has 2 aliphatic heterocycles. The molecule has 2 fully saturated rings. The largest absolute Gasteiger partial charge is 0.481 e. The van der Waals surface area contributed by atoms with Crippen LogP contribution in [0.2, 0.25) is 0 Å². The highest BCUT2D eigenvalue weighted by Gasteiger charge is 2.35. The fourth-order valence-electron chi connectivity index (χ4n) is 3.40. The Morgan fingerprint density at radius 2 is 1.68 bits per heavy atom. The zero-order chi connectivity index (χ0) is 18.0. The molecule has 0 bridgehead atoms. The van der Waals surface area contributed by atoms with E-state index in [-0.39, 0.29) is 24.8 Å². The second-order valence-corrected chi connectivity index (χ2v) is 6.48. The summed E-state index contributed by atoms with van der Waals surface area (Å²) in [7, 11) is 0. The van der Waals surface area contributed by atoms with Crippen molar-refractivity contribution in [1.29, 1.82) is 0 Å². The first-order chi connectivity index (χ1) is 12.0. The van der Waals surface area contributed by atoms with Crippen LogP contribution in [0.1, 0.15) is 19.8 Å². The van der Waals surface area contributed by atoms with E-state index in [9.17, 15) is 14.4 Å². The Balaban J connectivity index is 1.63. The van der Waals surface area contributed by atoms with Gasteiger partial charge in [-0.05, 0) is 24.3 Å². The van der Waals surface area contributed by atoms with Crippen LogP contribution in [0.4, 0.5) is 11.4 Å². The lowest BCUT2D eigenvalue weighted by Gasteiger charge is -2.36. The number of carboxylic acids is 1. The molecule has 0 aromatic heterocycles. The number of nitrogens with zero attached hydrogens (tertiary/aromatic N) is 3. The van der Waals surface area contributed by atoms with Gasteiger partial charge in [0, 0.05) is 56.9 Å². The normalized spacial score (nSPS) is 20.9. The van der Waals surface area contributed by atoms with Crippen molar-refractivity contribution < 1.29 is 19.5 Å². The van der Waals surface area contributed by atoms with Crippen molar-refractivity contribution in [2.45, 2.75) is 19.8 Å². The number of hydrogen-bond donors (Lipinski definition) is 1. The summed E-state index contributed by atoms with van der Waals surface area (Å²) in [6.07, 6.45) is 0.598. The molecule has 3 rings (SSSR count). The monoisotopic (exact) mass is 345 g/mol. The lowest BCUT2D eigenvalue weighted by Crippen LogP contribution is -2.48. The van der Waals surface area contributed by atoms with Crippen LogP contribution in [-0.2, 0) is 14.4 Å². The molecule has 1 N–H and O–H groups in total. The molecule has 0 unspecified atom stereocenters. The molecule has 2 amide bonds. The van der Waals surface area contributed by atoms with Gasteiger partial charge in [-0.2, -0.15) is 0 Å². The maximum atomic E-state index is 12.0. The summed E-state index contributed by atoms with van der Waals surface area (Å²) in [6, 6.07) is 7.63. The summed E-state index contributed by atoms with van der Waals surface area (Å²) in [5.74, 6) is -1.51. The second kappa shape index (κ2) is 7.13. The SMILES string of the molecule is CCC(=O)N1CCN(c2ccc(N3C[C@@H](C(=O)O)CC3=O)cc2)CC1. The number of carboxylic acid groups (broad SMARTS) is 1. The van der Waals surface area contributed by atoms with Crippen molar-refractivity contribution >= 4 is 29.2 Å². The van der Waals surface area contributed by atoms with Gasteiger partial charge < -0.3 is 19.8 Å². The third-order valence-electron chi connectivity index (χ3n) is 4.94. The number of amides is 2. The van der Waals surface area contributed by atoms with Gasteiger partial charge in [0.1, 0.15) is 0 Å².